The summed E-state index contributed by atoms with van der Waals surface area (Å²) < 4.78 is 5.13. The Bertz CT molecular complexity index is 281. The van der Waals surface area contributed by atoms with Gasteiger partial charge in [0.2, 0.25) is 5.89 Å². The zero-order chi connectivity index (χ0) is 9.80. The van der Waals surface area contributed by atoms with Crippen LogP contribution in [-0.2, 0) is 6.42 Å². The summed E-state index contributed by atoms with van der Waals surface area (Å²) in [5, 5.41) is 12.6. The number of aryl methyl sites for hydroxylation is 1. The van der Waals surface area contributed by atoms with Gasteiger partial charge in [-0.1, -0.05) is 11.6 Å². The minimum Gasteiger partial charge on any atom is -0.396 e. The molecule has 0 saturated heterocycles. The fourth-order valence-electron chi connectivity index (χ4n) is 1.59. The van der Waals surface area contributed by atoms with Gasteiger partial charge in [0.25, 0.3) is 0 Å². The van der Waals surface area contributed by atoms with Crippen molar-refractivity contribution in [2.75, 3.05) is 6.61 Å². The Morgan fingerprint density at radius 2 is 2.21 bits per heavy atom. The largest absolute Gasteiger partial charge is 0.396 e. The van der Waals surface area contributed by atoms with E-state index in [9.17, 15) is 0 Å². The molecule has 4 nitrogen and oxygen atoms in total. The van der Waals surface area contributed by atoms with E-state index >= 15 is 0 Å². The number of nitrogens with zero attached hydrogens (tertiary/aromatic N) is 2. The third kappa shape index (κ3) is 2.12. The molecule has 1 fully saturated rings. The molecule has 1 aliphatic carbocycles. The van der Waals surface area contributed by atoms with Crippen LogP contribution in [0.3, 0.4) is 0 Å². The van der Waals surface area contributed by atoms with Crippen LogP contribution in [0, 0.1) is 0 Å². The lowest BCUT2D eigenvalue weighted by Crippen LogP contribution is -2.10. The molecule has 1 N–H and O–H groups in total. The van der Waals surface area contributed by atoms with Gasteiger partial charge >= 0.3 is 0 Å². The smallest absolute Gasteiger partial charge is 0.226 e. The number of hydrogen-bond donors (Lipinski definition) is 1. The van der Waals surface area contributed by atoms with Crippen LogP contribution in [0.15, 0.2) is 4.52 Å². The molecule has 14 heavy (non-hydrogen) atoms. The first-order valence-electron chi connectivity index (χ1n) is 5.33. The molecular formula is C10H16N2O2. The fraction of sp³-hybridized carbons (Fsp3) is 0.800. The molecule has 4 heteroatoms. The van der Waals surface area contributed by atoms with Gasteiger partial charge in [-0.2, -0.15) is 4.98 Å². The van der Waals surface area contributed by atoms with Crippen molar-refractivity contribution in [2.45, 2.75) is 44.4 Å². The number of hydrogen-bond acceptors (Lipinski definition) is 4. The maximum atomic E-state index is 8.62. The Hall–Kier alpha value is -0.900. The zero-order valence-electron chi connectivity index (χ0n) is 8.28. The van der Waals surface area contributed by atoms with Crippen molar-refractivity contribution in [2.24, 2.45) is 0 Å². The number of rotatable bonds is 5. The monoisotopic (exact) mass is 196 g/mol. The number of aliphatic hydroxyl groups excluding tert-OH is 1. The zero-order valence-corrected chi connectivity index (χ0v) is 8.28. The summed E-state index contributed by atoms with van der Waals surface area (Å²) in [6, 6.07) is 0. The highest BCUT2D eigenvalue weighted by atomic mass is 16.5. The van der Waals surface area contributed by atoms with Gasteiger partial charge in [-0.25, -0.2) is 0 Å². The van der Waals surface area contributed by atoms with Crippen molar-refractivity contribution in [3.8, 4) is 0 Å². The number of aliphatic hydroxyl groups is 1. The fourth-order valence-corrected chi connectivity index (χ4v) is 1.59. The molecule has 0 spiro atoms. The molecule has 1 heterocycles. The third-order valence-corrected chi connectivity index (χ3v) is 2.75. The Morgan fingerprint density at radius 1 is 1.36 bits per heavy atom. The van der Waals surface area contributed by atoms with Gasteiger partial charge in [-0.05, 0) is 25.7 Å². The molecule has 0 radical (unpaired) electrons. The maximum Gasteiger partial charge on any atom is 0.226 e. The van der Waals surface area contributed by atoms with E-state index in [0.717, 1.165) is 31.0 Å². The van der Waals surface area contributed by atoms with E-state index in [2.05, 4.69) is 10.1 Å². The van der Waals surface area contributed by atoms with Crippen molar-refractivity contribution in [1.29, 1.82) is 0 Å². The standard InChI is InChI=1S/C10H16N2O2/c13-7-2-1-6-9-11-10(12-14-9)8-4-3-5-8/h8,13H,1-7H2. The first kappa shape index (κ1) is 9.65. The molecule has 0 aliphatic heterocycles. The van der Waals surface area contributed by atoms with Crippen molar-refractivity contribution in [3.05, 3.63) is 11.7 Å². The van der Waals surface area contributed by atoms with E-state index in [-0.39, 0.29) is 6.61 Å². The lowest BCUT2D eigenvalue weighted by atomic mass is 9.85. The molecule has 2 rings (SSSR count). The molecule has 1 aromatic heterocycles. The van der Waals surface area contributed by atoms with E-state index in [0.29, 0.717) is 5.92 Å². The summed E-state index contributed by atoms with van der Waals surface area (Å²) in [7, 11) is 0. The average Bonchev–Trinajstić information content (AvgIpc) is 2.51. The predicted molar refractivity (Wildman–Crippen MR) is 50.9 cm³/mol. The summed E-state index contributed by atoms with van der Waals surface area (Å²) in [5.74, 6) is 2.15. The van der Waals surface area contributed by atoms with Crippen molar-refractivity contribution < 1.29 is 9.63 Å². The topological polar surface area (TPSA) is 59.2 Å². The SMILES string of the molecule is OCCCCc1nc(C2CCC2)no1. The maximum absolute atomic E-state index is 8.62. The van der Waals surface area contributed by atoms with Gasteiger partial charge in [0.15, 0.2) is 5.82 Å². The van der Waals surface area contributed by atoms with Crippen LogP contribution in [0.2, 0.25) is 0 Å². The molecule has 1 saturated carbocycles. The van der Waals surface area contributed by atoms with E-state index in [1.807, 2.05) is 0 Å². The molecule has 1 aliphatic rings. The third-order valence-electron chi connectivity index (χ3n) is 2.75. The van der Waals surface area contributed by atoms with Crippen LogP contribution in [0.4, 0.5) is 0 Å². The summed E-state index contributed by atoms with van der Waals surface area (Å²) in [4.78, 5) is 4.34. The molecule has 0 amide bonds. The summed E-state index contributed by atoms with van der Waals surface area (Å²) in [6.07, 6.45) is 6.22. The van der Waals surface area contributed by atoms with E-state index in [1.54, 1.807) is 0 Å². The second kappa shape index (κ2) is 4.55. The van der Waals surface area contributed by atoms with E-state index < -0.39 is 0 Å². The van der Waals surface area contributed by atoms with E-state index in [1.165, 1.54) is 19.3 Å². The highest BCUT2D eigenvalue weighted by molar-refractivity contribution is 4.99. The predicted octanol–water partition coefficient (Wildman–Crippen LogP) is 1.65. The lowest BCUT2D eigenvalue weighted by molar-refractivity contribution is 0.280. The van der Waals surface area contributed by atoms with Crippen LogP contribution in [-0.4, -0.2) is 21.9 Å². The Labute approximate surface area is 83.3 Å². The van der Waals surface area contributed by atoms with E-state index in [4.69, 9.17) is 9.63 Å². The molecule has 0 unspecified atom stereocenters. The molecular weight excluding hydrogens is 180 g/mol. The molecule has 0 aromatic carbocycles. The van der Waals surface area contributed by atoms with Crippen LogP contribution >= 0.6 is 0 Å². The average molecular weight is 196 g/mol. The first-order valence-corrected chi connectivity index (χ1v) is 5.33. The molecule has 1 aromatic rings. The van der Waals surface area contributed by atoms with Crippen molar-refractivity contribution >= 4 is 0 Å². The van der Waals surface area contributed by atoms with Gasteiger partial charge in [0, 0.05) is 18.9 Å². The highest BCUT2D eigenvalue weighted by Crippen LogP contribution is 2.34. The van der Waals surface area contributed by atoms with Crippen LogP contribution < -0.4 is 0 Å². The first-order chi connectivity index (χ1) is 6.90. The number of aromatic nitrogens is 2. The van der Waals surface area contributed by atoms with Gasteiger partial charge in [0.05, 0.1) is 0 Å². The number of unbranched alkanes of at least 4 members (excludes halogenated alkanes) is 1. The molecule has 0 bridgehead atoms. The molecule has 78 valence electrons. The van der Waals surface area contributed by atoms with Gasteiger partial charge in [-0.3, -0.25) is 0 Å². The summed E-state index contributed by atoms with van der Waals surface area (Å²) >= 11 is 0. The van der Waals surface area contributed by atoms with Crippen LogP contribution in [0.1, 0.15) is 49.7 Å². The Morgan fingerprint density at radius 3 is 2.86 bits per heavy atom. The van der Waals surface area contributed by atoms with Crippen LogP contribution in [0.5, 0.6) is 0 Å². The lowest BCUT2D eigenvalue weighted by Gasteiger charge is -2.20. The highest BCUT2D eigenvalue weighted by Gasteiger charge is 2.24. The normalized spacial score (nSPS) is 16.9. The van der Waals surface area contributed by atoms with Gasteiger partial charge in [-0.15, -0.1) is 0 Å². The summed E-state index contributed by atoms with van der Waals surface area (Å²) in [5.41, 5.74) is 0. The Balaban J connectivity index is 1.83. The second-order valence-electron chi connectivity index (χ2n) is 3.85. The summed E-state index contributed by atoms with van der Waals surface area (Å²) in [6.45, 7) is 0.240. The quantitative estimate of drug-likeness (QED) is 0.727. The van der Waals surface area contributed by atoms with Crippen molar-refractivity contribution in [3.63, 3.8) is 0 Å². The van der Waals surface area contributed by atoms with Gasteiger partial charge < -0.3 is 9.63 Å². The minimum absolute atomic E-state index is 0.240. The van der Waals surface area contributed by atoms with Crippen molar-refractivity contribution in [1.82, 2.24) is 10.1 Å². The Kier molecular flexibility index (Phi) is 3.14. The molecule has 0 atom stereocenters. The second-order valence-corrected chi connectivity index (χ2v) is 3.85. The minimum atomic E-state index is 0.240. The van der Waals surface area contributed by atoms with Gasteiger partial charge in [0.1, 0.15) is 0 Å². The van der Waals surface area contributed by atoms with Crippen LogP contribution in [0.25, 0.3) is 0 Å².